The summed E-state index contributed by atoms with van der Waals surface area (Å²) < 4.78 is 28.8. The van der Waals surface area contributed by atoms with Crippen LogP contribution in [0.1, 0.15) is 32.4 Å². The number of β-amino-alcohol motifs (C(OH)–C–C–N with tert-alkyl or cyclic N) is 1. The zero-order valence-corrected chi connectivity index (χ0v) is 14.0. The molecule has 1 N–H and O–H groups in total. The Kier molecular flexibility index (Phi) is 6.33. The first-order valence-corrected chi connectivity index (χ1v) is 8.07. The maximum absolute atomic E-state index is 12.2. The molecule has 1 fully saturated rings. The summed E-state index contributed by atoms with van der Waals surface area (Å²) in [5.41, 5.74) is 1.09. The molecular weight excluding hydrogens is 302 g/mol. The predicted molar refractivity (Wildman–Crippen MR) is 85.8 cm³/mol. The number of ether oxygens (including phenoxy) is 1. The van der Waals surface area contributed by atoms with Crippen molar-refractivity contribution >= 4 is 0 Å². The summed E-state index contributed by atoms with van der Waals surface area (Å²) in [6.07, 6.45) is -0.316. The van der Waals surface area contributed by atoms with Crippen molar-refractivity contribution in [2.24, 2.45) is 0 Å². The van der Waals surface area contributed by atoms with E-state index >= 15 is 0 Å². The minimum absolute atomic E-state index is 0.186. The van der Waals surface area contributed by atoms with E-state index in [9.17, 15) is 13.9 Å². The van der Waals surface area contributed by atoms with Crippen molar-refractivity contribution in [2.75, 3.05) is 26.2 Å². The molecule has 1 aliphatic rings. The zero-order chi connectivity index (χ0) is 17.0. The van der Waals surface area contributed by atoms with Crippen LogP contribution in [-0.4, -0.2) is 59.8 Å². The van der Waals surface area contributed by atoms with Gasteiger partial charge in [0.15, 0.2) is 0 Å². The lowest BCUT2D eigenvalue weighted by molar-refractivity contribution is -0.0498. The molecule has 0 spiro atoms. The minimum atomic E-state index is -2.79. The molecule has 4 nitrogen and oxygen atoms in total. The highest BCUT2D eigenvalue weighted by molar-refractivity contribution is 5.29. The molecule has 1 heterocycles. The lowest BCUT2D eigenvalue weighted by Gasteiger charge is -2.43. The summed E-state index contributed by atoms with van der Waals surface area (Å²) in [6, 6.07) is 7.45. The van der Waals surface area contributed by atoms with E-state index < -0.39 is 6.61 Å². The molecule has 1 aliphatic heterocycles. The van der Waals surface area contributed by atoms with E-state index in [0.717, 1.165) is 25.2 Å². The smallest absolute Gasteiger partial charge is 0.387 e. The van der Waals surface area contributed by atoms with Crippen LogP contribution in [0.15, 0.2) is 24.3 Å². The maximum atomic E-state index is 12.2. The molecule has 130 valence electrons. The van der Waals surface area contributed by atoms with Gasteiger partial charge in [-0.2, -0.15) is 8.78 Å². The molecule has 0 saturated carbocycles. The number of nitrogens with zero attached hydrogens (tertiary/aromatic N) is 2. The standard InChI is InChI=1S/C17H26F2N2O2/c1-12-10-21(9-8-20(12)11-13(2)22)14(3)15-4-6-16(7-5-15)23-17(18)19/h4-7,12-14,17,22H,8-11H2,1-3H3. The van der Waals surface area contributed by atoms with Gasteiger partial charge in [0.25, 0.3) is 0 Å². The third kappa shape index (κ3) is 5.12. The van der Waals surface area contributed by atoms with Crippen LogP contribution >= 0.6 is 0 Å². The Bertz CT molecular complexity index is 482. The highest BCUT2D eigenvalue weighted by Gasteiger charge is 2.27. The quantitative estimate of drug-likeness (QED) is 0.871. The summed E-state index contributed by atoms with van der Waals surface area (Å²) in [7, 11) is 0. The van der Waals surface area contributed by atoms with Crippen molar-refractivity contribution in [1.29, 1.82) is 0 Å². The number of piperazine rings is 1. The summed E-state index contributed by atoms with van der Waals surface area (Å²) in [5.74, 6) is 0.186. The van der Waals surface area contributed by atoms with Crippen molar-refractivity contribution in [3.8, 4) is 5.75 Å². The molecule has 6 heteroatoms. The van der Waals surface area contributed by atoms with Gasteiger partial charge in [-0.05, 0) is 38.5 Å². The molecule has 0 bridgehead atoms. The van der Waals surface area contributed by atoms with E-state index in [2.05, 4.69) is 28.4 Å². The second-order valence-corrected chi connectivity index (χ2v) is 6.31. The molecule has 0 amide bonds. The summed E-state index contributed by atoms with van der Waals surface area (Å²) >= 11 is 0. The van der Waals surface area contributed by atoms with Crippen LogP contribution in [0, 0.1) is 0 Å². The minimum Gasteiger partial charge on any atom is -0.435 e. The van der Waals surface area contributed by atoms with Gasteiger partial charge in [-0.3, -0.25) is 9.80 Å². The Labute approximate surface area is 136 Å². The monoisotopic (exact) mass is 328 g/mol. The fourth-order valence-corrected chi connectivity index (χ4v) is 3.12. The van der Waals surface area contributed by atoms with Crippen molar-refractivity contribution in [1.82, 2.24) is 9.80 Å². The Morgan fingerprint density at radius 1 is 1.22 bits per heavy atom. The van der Waals surface area contributed by atoms with Crippen molar-refractivity contribution in [3.63, 3.8) is 0 Å². The molecule has 23 heavy (non-hydrogen) atoms. The Morgan fingerprint density at radius 2 is 1.87 bits per heavy atom. The summed E-state index contributed by atoms with van der Waals surface area (Å²) in [5, 5.41) is 9.54. The Morgan fingerprint density at radius 3 is 2.39 bits per heavy atom. The molecule has 1 aromatic rings. The summed E-state index contributed by atoms with van der Waals surface area (Å²) in [6.45, 7) is 6.77. The Balaban J connectivity index is 1.94. The van der Waals surface area contributed by atoms with Gasteiger partial charge in [0.05, 0.1) is 6.10 Å². The fraction of sp³-hybridized carbons (Fsp3) is 0.647. The molecule has 0 aromatic heterocycles. The first-order valence-electron chi connectivity index (χ1n) is 8.07. The van der Waals surface area contributed by atoms with Gasteiger partial charge in [-0.25, -0.2) is 0 Å². The zero-order valence-electron chi connectivity index (χ0n) is 14.0. The van der Waals surface area contributed by atoms with E-state index in [1.807, 2.05) is 19.1 Å². The highest BCUT2D eigenvalue weighted by Crippen LogP contribution is 2.25. The summed E-state index contributed by atoms with van der Waals surface area (Å²) in [4.78, 5) is 4.68. The van der Waals surface area contributed by atoms with Crippen LogP contribution in [0.2, 0.25) is 0 Å². The normalized spacial score (nSPS) is 23.0. The first kappa shape index (κ1) is 18.1. The number of aliphatic hydroxyl groups is 1. The topological polar surface area (TPSA) is 35.9 Å². The molecule has 3 unspecified atom stereocenters. The van der Waals surface area contributed by atoms with Crippen LogP contribution in [0.5, 0.6) is 5.75 Å². The lowest BCUT2D eigenvalue weighted by Crippen LogP contribution is -2.53. The first-order chi connectivity index (χ1) is 10.9. The van der Waals surface area contributed by atoms with Crippen LogP contribution in [-0.2, 0) is 0 Å². The van der Waals surface area contributed by atoms with Crippen LogP contribution in [0.3, 0.4) is 0 Å². The van der Waals surface area contributed by atoms with Crippen molar-refractivity contribution in [3.05, 3.63) is 29.8 Å². The van der Waals surface area contributed by atoms with Gasteiger partial charge in [0, 0.05) is 38.3 Å². The van der Waals surface area contributed by atoms with E-state index in [1.54, 1.807) is 12.1 Å². The third-order valence-corrected chi connectivity index (χ3v) is 4.43. The van der Waals surface area contributed by atoms with Gasteiger partial charge < -0.3 is 9.84 Å². The van der Waals surface area contributed by atoms with E-state index in [0.29, 0.717) is 12.6 Å². The van der Waals surface area contributed by atoms with Crippen LogP contribution in [0.4, 0.5) is 8.78 Å². The van der Waals surface area contributed by atoms with Gasteiger partial charge in [0.2, 0.25) is 0 Å². The molecular formula is C17H26F2N2O2. The van der Waals surface area contributed by atoms with Gasteiger partial charge in [-0.15, -0.1) is 0 Å². The number of halogens is 2. The number of aliphatic hydroxyl groups excluding tert-OH is 1. The van der Waals surface area contributed by atoms with E-state index in [1.165, 1.54) is 0 Å². The van der Waals surface area contributed by atoms with Crippen molar-refractivity contribution in [2.45, 2.75) is 45.6 Å². The molecule has 3 atom stereocenters. The molecule has 1 saturated heterocycles. The van der Waals surface area contributed by atoms with Gasteiger partial charge in [-0.1, -0.05) is 12.1 Å². The van der Waals surface area contributed by atoms with Crippen LogP contribution < -0.4 is 4.74 Å². The van der Waals surface area contributed by atoms with Gasteiger partial charge in [0.1, 0.15) is 5.75 Å². The Hall–Kier alpha value is -1.24. The lowest BCUT2D eigenvalue weighted by atomic mass is 10.0. The number of alkyl halides is 2. The number of hydrogen-bond donors (Lipinski definition) is 1. The molecule has 2 rings (SSSR count). The molecule has 0 radical (unpaired) electrons. The SMILES string of the molecule is CC(O)CN1CCN(C(C)c2ccc(OC(F)F)cc2)CC1C. The third-order valence-electron chi connectivity index (χ3n) is 4.43. The second-order valence-electron chi connectivity index (χ2n) is 6.31. The largest absolute Gasteiger partial charge is 0.435 e. The average molecular weight is 328 g/mol. The predicted octanol–water partition coefficient (Wildman–Crippen LogP) is 2.74. The number of benzene rings is 1. The average Bonchev–Trinajstić information content (AvgIpc) is 2.48. The highest BCUT2D eigenvalue weighted by atomic mass is 19.3. The second kappa shape index (κ2) is 8.04. The van der Waals surface area contributed by atoms with E-state index in [4.69, 9.17) is 0 Å². The number of hydrogen-bond acceptors (Lipinski definition) is 4. The van der Waals surface area contributed by atoms with Gasteiger partial charge >= 0.3 is 6.61 Å². The fourth-order valence-electron chi connectivity index (χ4n) is 3.12. The molecule has 0 aliphatic carbocycles. The molecule has 1 aromatic carbocycles. The number of rotatable bonds is 6. The van der Waals surface area contributed by atoms with Crippen LogP contribution in [0.25, 0.3) is 0 Å². The maximum Gasteiger partial charge on any atom is 0.387 e. The van der Waals surface area contributed by atoms with E-state index in [-0.39, 0.29) is 17.9 Å². The van der Waals surface area contributed by atoms with Crippen molar-refractivity contribution < 1.29 is 18.6 Å².